The number of aromatic nitrogens is 2. The number of hydrogen-bond acceptors (Lipinski definition) is 3. The van der Waals surface area contributed by atoms with Crippen LogP contribution in [-0.2, 0) is 0 Å². The predicted molar refractivity (Wildman–Crippen MR) is 62.2 cm³/mol. The van der Waals surface area contributed by atoms with E-state index in [1.807, 2.05) is 0 Å². The summed E-state index contributed by atoms with van der Waals surface area (Å²) in [6, 6.07) is 5.13. The van der Waals surface area contributed by atoms with Crippen LogP contribution in [-0.4, -0.2) is 10.2 Å². The van der Waals surface area contributed by atoms with Crippen LogP contribution in [0.1, 0.15) is 11.1 Å². The summed E-state index contributed by atoms with van der Waals surface area (Å²) in [5.41, 5.74) is 7.50. The Hall–Kier alpha value is -2.04. The van der Waals surface area contributed by atoms with Crippen LogP contribution in [0.25, 0.3) is 0 Å². The van der Waals surface area contributed by atoms with E-state index in [1.54, 1.807) is 32.0 Å². The molecule has 0 saturated heterocycles. The summed E-state index contributed by atoms with van der Waals surface area (Å²) in [6.07, 6.45) is 0. The van der Waals surface area contributed by atoms with Crippen molar-refractivity contribution in [2.75, 3.05) is 11.1 Å². The minimum Gasteiger partial charge on any atom is -0.384 e. The Balaban J connectivity index is 2.28. The molecule has 1 aromatic carbocycles. The minimum absolute atomic E-state index is 0.174. The van der Waals surface area contributed by atoms with Crippen molar-refractivity contribution in [3.63, 3.8) is 0 Å². The van der Waals surface area contributed by atoms with Gasteiger partial charge in [0.15, 0.2) is 5.82 Å². The maximum atomic E-state index is 13.4. The molecule has 0 unspecified atom stereocenters. The Bertz CT molecular complexity index is 495. The fourth-order valence-corrected chi connectivity index (χ4v) is 1.57. The zero-order valence-electron chi connectivity index (χ0n) is 9.13. The van der Waals surface area contributed by atoms with Gasteiger partial charge in [-0.25, -0.2) is 4.39 Å². The van der Waals surface area contributed by atoms with Crippen LogP contribution in [0.2, 0.25) is 0 Å². The van der Waals surface area contributed by atoms with Crippen LogP contribution in [0.5, 0.6) is 0 Å². The number of rotatable bonds is 2. The van der Waals surface area contributed by atoms with Crippen molar-refractivity contribution in [3.05, 3.63) is 35.1 Å². The molecule has 0 aliphatic heterocycles. The predicted octanol–water partition coefficient (Wildman–Crippen LogP) is 2.49. The van der Waals surface area contributed by atoms with E-state index in [4.69, 9.17) is 5.73 Å². The molecule has 0 saturated carbocycles. The van der Waals surface area contributed by atoms with Gasteiger partial charge in [-0.05, 0) is 37.1 Å². The molecule has 2 aromatic rings. The summed E-state index contributed by atoms with van der Waals surface area (Å²) in [6.45, 7) is 3.46. The number of aryl methyl sites for hydroxylation is 2. The molecule has 0 aliphatic carbocycles. The number of nitrogens with one attached hydrogen (secondary N) is 2. The van der Waals surface area contributed by atoms with Crippen molar-refractivity contribution < 1.29 is 4.39 Å². The normalized spacial score (nSPS) is 10.4. The van der Waals surface area contributed by atoms with Gasteiger partial charge in [0.05, 0.1) is 0 Å². The number of anilines is 3. The Morgan fingerprint density at radius 3 is 2.38 bits per heavy atom. The third-order valence-corrected chi connectivity index (χ3v) is 2.31. The summed E-state index contributed by atoms with van der Waals surface area (Å²) in [4.78, 5) is 0. The van der Waals surface area contributed by atoms with Gasteiger partial charge in [0.2, 0.25) is 0 Å². The molecule has 84 valence electrons. The Kier molecular flexibility index (Phi) is 2.52. The highest BCUT2D eigenvalue weighted by atomic mass is 19.1. The number of aromatic amines is 1. The van der Waals surface area contributed by atoms with E-state index >= 15 is 0 Å². The SMILES string of the molecule is Cc1cc(Nc2cc(N)[nH]n2)cc(C)c1F. The highest BCUT2D eigenvalue weighted by Gasteiger charge is 2.05. The average Bonchev–Trinajstić information content (AvgIpc) is 2.60. The molecule has 5 heteroatoms. The molecular weight excluding hydrogens is 207 g/mol. The third-order valence-electron chi connectivity index (χ3n) is 2.31. The van der Waals surface area contributed by atoms with E-state index in [2.05, 4.69) is 15.5 Å². The molecule has 0 radical (unpaired) electrons. The van der Waals surface area contributed by atoms with Gasteiger partial charge in [0, 0.05) is 11.8 Å². The topological polar surface area (TPSA) is 66.7 Å². The standard InChI is InChI=1S/C11H13FN4/c1-6-3-8(4-7(2)11(6)12)14-10-5-9(13)15-16-10/h3-5H,1-2H3,(H4,13,14,15,16). The van der Waals surface area contributed by atoms with Gasteiger partial charge in [-0.2, -0.15) is 5.10 Å². The molecular formula is C11H13FN4. The van der Waals surface area contributed by atoms with E-state index in [0.29, 0.717) is 22.8 Å². The molecule has 0 amide bonds. The number of benzene rings is 1. The van der Waals surface area contributed by atoms with Crippen LogP contribution in [0.4, 0.5) is 21.7 Å². The van der Waals surface area contributed by atoms with E-state index in [-0.39, 0.29) is 5.82 Å². The average molecular weight is 220 g/mol. The van der Waals surface area contributed by atoms with Crippen molar-refractivity contribution in [2.45, 2.75) is 13.8 Å². The van der Waals surface area contributed by atoms with Crippen LogP contribution in [0.15, 0.2) is 18.2 Å². The maximum absolute atomic E-state index is 13.4. The van der Waals surface area contributed by atoms with Gasteiger partial charge in [-0.3, -0.25) is 5.10 Å². The van der Waals surface area contributed by atoms with E-state index in [0.717, 1.165) is 5.69 Å². The van der Waals surface area contributed by atoms with Gasteiger partial charge in [0.25, 0.3) is 0 Å². The Labute approximate surface area is 92.7 Å². The second kappa shape index (κ2) is 3.84. The van der Waals surface area contributed by atoms with Gasteiger partial charge in [0.1, 0.15) is 11.6 Å². The van der Waals surface area contributed by atoms with Crippen molar-refractivity contribution in [1.82, 2.24) is 10.2 Å². The lowest BCUT2D eigenvalue weighted by Crippen LogP contribution is -1.95. The largest absolute Gasteiger partial charge is 0.384 e. The molecule has 0 spiro atoms. The molecule has 0 atom stereocenters. The van der Waals surface area contributed by atoms with Gasteiger partial charge < -0.3 is 11.1 Å². The molecule has 0 bridgehead atoms. The van der Waals surface area contributed by atoms with Crippen molar-refractivity contribution >= 4 is 17.3 Å². The minimum atomic E-state index is -0.174. The Morgan fingerprint density at radius 2 is 1.88 bits per heavy atom. The summed E-state index contributed by atoms with van der Waals surface area (Å²) < 4.78 is 13.4. The van der Waals surface area contributed by atoms with Crippen LogP contribution >= 0.6 is 0 Å². The lowest BCUT2D eigenvalue weighted by Gasteiger charge is -2.07. The van der Waals surface area contributed by atoms with Crippen molar-refractivity contribution in [1.29, 1.82) is 0 Å². The van der Waals surface area contributed by atoms with E-state index in [9.17, 15) is 4.39 Å². The maximum Gasteiger partial charge on any atom is 0.154 e. The number of nitrogen functional groups attached to an aromatic ring is 1. The molecule has 16 heavy (non-hydrogen) atoms. The van der Waals surface area contributed by atoms with Crippen LogP contribution < -0.4 is 11.1 Å². The summed E-state index contributed by atoms with van der Waals surface area (Å²) >= 11 is 0. The molecule has 1 aromatic heterocycles. The summed E-state index contributed by atoms with van der Waals surface area (Å²) in [5, 5.41) is 9.60. The lowest BCUT2D eigenvalue weighted by atomic mass is 10.1. The second-order valence-electron chi connectivity index (χ2n) is 3.76. The van der Waals surface area contributed by atoms with Crippen molar-refractivity contribution in [3.8, 4) is 0 Å². The first kappa shape index (κ1) is 10.5. The zero-order chi connectivity index (χ0) is 11.7. The lowest BCUT2D eigenvalue weighted by molar-refractivity contribution is 0.609. The number of H-pyrrole nitrogens is 1. The van der Waals surface area contributed by atoms with Crippen molar-refractivity contribution in [2.24, 2.45) is 0 Å². The first-order chi connectivity index (χ1) is 7.56. The molecule has 1 heterocycles. The molecule has 2 rings (SSSR count). The highest BCUT2D eigenvalue weighted by Crippen LogP contribution is 2.21. The van der Waals surface area contributed by atoms with Gasteiger partial charge in [-0.1, -0.05) is 0 Å². The Morgan fingerprint density at radius 1 is 1.25 bits per heavy atom. The number of halogens is 1. The number of hydrogen-bond donors (Lipinski definition) is 3. The third kappa shape index (κ3) is 1.98. The zero-order valence-corrected chi connectivity index (χ0v) is 9.13. The van der Waals surface area contributed by atoms with Crippen LogP contribution in [0.3, 0.4) is 0 Å². The summed E-state index contributed by atoms with van der Waals surface area (Å²) in [5.74, 6) is 0.924. The van der Waals surface area contributed by atoms with E-state index < -0.39 is 0 Å². The first-order valence-corrected chi connectivity index (χ1v) is 4.91. The second-order valence-corrected chi connectivity index (χ2v) is 3.76. The van der Waals surface area contributed by atoms with Gasteiger partial charge >= 0.3 is 0 Å². The fraction of sp³-hybridized carbons (Fsp3) is 0.182. The molecule has 4 N–H and O–H groups in total. The molecule has 0 aliphatic rings. The summed E-state index contributed by atoms with van der Waals surface area (Å²) in [7, 11) is 0. The highest BCUT2D eigenvalue weighted by molar-refractivity contribution is 5.60. The molecule has 0 fully saturated rings. The smallest absolute Gasteiger partial charge is 0.154 e. The first-order valence-electron chi connectivity index (χ1n) is 4.91. The number of nitrogens with zero attached hydrogens (tertiary/aromatic N) is 1. The van der Waals surface area contributed by atoms with E-state index in [1.165, 1.54) is 0 Å². The number of nitrogens with two attached hydrogens (primary N) is 1. The van der Waals surface area contributed by atoms with Crippen LogP contribution in [0, 0.1) is 19.7 Å². The fourth-order valence-electron chi connectivity index (χ4n) is 1.57. The molecule has 4 nitrogen and oxygen atoms in total. The quantitative estimate of drug-likeness (QED) is 0.728. The monoisotopic (exact) mass is 220 g/mol. The van der Waals surface area contributed by atoms with Gasteiger partial charge in [-0.15, -0.1) is 0 Å².